The van der Waals surface area contributed by atoms with Gasteiger partial charge in [0.1, 0.15) is 12.1 Å². The fourth-order valence-electron chi connectivity index (χ4n) is 2.15. The van der Waals surface area contributed by atoms with E-state index in [1.54, 1.807) is 19.2 Å². The molecule has 0 spiro atoms. The smallest absolute Gasteiger partial charge is 0.315 e. The SMILES string of the molecule is CCCc1cnc(C)c(-c2cc(NC(=O)CC(=O)OCC)n[nH]2)n1. The van der Waals surface area contributed by atoms with E-state index in [1.807, 2.05) is 6.92 Å². The lowest BCUT2D eigenvalue weighted by Gasteiger charge is -2.04. The molecule has 0 atom stereocenters. The number of anilines is 1. The second-order valence-electron chi connectivity index (χ2n) is 5.24. The van der Waals surface area contributed by atoms with Crippen LogP contribution in [0.15, 0.2) is 12.3 Å². The van der Waals surface area contributed by atoms with E-state index in [2.05, 4.69) is 32.4 Å². The lowest BCUT2D eigenvalue weighted by atomic mass is 10.2. The summed E-state index contributed by atoms with van der Waals surface area (Å²) < 4.78 is 4.73. The highest BCUT2D eigenvalue weighted by atomic mass is 16.5. The predicted molar refractivity (Wildman–Crippen MR) is 88.2 cm³/mol. The number of nitrogens with one attached hydrogen (secondary N) is 2. The van der Waals surface area contributed by atoms with E-state index in [0.717, 1.165) is 24.2 Å². The summed E-state index contributed by atoms with van der Waals surface area (Å²) in [4.78, 5) is 32.0. The molecular formula is C16H21N5O3. The number of nitrogens with zero attached hydrogens (tertiary/aromatic N) is 3. The van der Waals surface area contributed by atoms with Crippen molar-refractivity contribution in [1.29, 1.82) is 0 Å². The molecule has 0 saturated carbocycles. The summed E-state index contributed by atoms with van der Waals surface area (Å²) in [5.41, 5.74) is 3.02. The second-order valence-corrected chi connectivity index (χ2v) is 5.24. The molecule has 8 nitrogen and oxygen atoms in total. The monoisotopic (exact) mass is 331 g/mol. The van der Waals surface area contributed by atoms with Gasteiger partial charge in [0.05, 0.1) is 23.7 Å². The third-order valence-corrected chi connectivity index (χ3v) is 3.22. The average Bonchev–Trinajstić information content (AvgIpc) is 2.97. The highest BCUT2D eigenvalue weighted by Crippen LogP contribution is 2.21. The minimum absolute atomic E-state index is 0.241. The fraction of sp³-hybridized carbons (Fsp3) is 0.438. The minimum Gasteiger partial charge on any atom is -0.466 e. The molecule has 0 saturated heterocycles. The molecule has 128 valence electrons. The number of aromatic nitrogens is 4. The van der Waals surface area contributed by atoms with Crippen molar-refractivity contribution in [2.75, 3.05) is 11.9 Å². The molecule has 8 heteroatoms. The van der Waals surface area contributed by atoms with Gasteiger partial charge in [0.15, 0.2) is 5.82 Å². The molecule has 1 amide bonds. The van der Waals surface area contributed by atoms with Crippen LogP contribution in [-0.2, 0) is 20.7 Å². The van der Waals surface area contributed by atoms with Crippen LogP contribution in [0.5, 0.6) is 0 Å². The van der Waals surface area contributed by atoms with Gasteiger partial charge in [0, 0.05) is 12.3 Å². The van der Waals surface area contributed by atoms with Crippen LogP contribution in [0.4, 0.5) is 5.82 Å². The first-order valence-electron chi connectivity index (χ1n) is 7.87. The first-order valence-corrected chi connectivity index (χ1v) is 7.87. The summed E-state index contributed by atoms with van der Waals surface area (Å²) in [6.07, 6.45) is 3.24. The number of ether oxygens (including phenoxy) is 1. The first kappa shape index (κ1) is 17.6. The Morgan fingerprint density at radius 3 is 2.83 bits per heavy atom. The number of amides is 1. The van der Waals surface area contributed by atoms with Crippen LogP contribution in [0.1, 0.15) is 38.1 Å². The van der Waals surface area contributed by atoms with Crippen LogP contribution in [0.25, 0.3) is 11.4 Å². The van der Waals surface area contributed by atoms with Crippen LogP contribution >= 0.6 is 0 Å². The Hall–Kier alpha value is -2.77. The summed E-state index contributed by atoms with van der Waals surface area (Å²) in [7, 11) is 0. The van der Waals surface area contributed by atoms with Gasteiger partial charge in [-0.05, 0) is 20.3 Å². The van der Waals surface area contributed by atoms with Crippen LogP contribution in [0, 0.1) is 6.92 Å². The first-order chi connectivity index (χ1) is 11.5. The van der Waals surface area contributed by atoms with Crippen molar-refractivity contribution in [3.05, 3.63) is 23.7 Å². The lowest BCUT2D eigenvalue weighted by molar-refractivity contribution is -0.145. The van der Waals surface area contributed by atoms with E-state index < -0.39 is 11.9 Å². The Balaban J connectivity index is 2.09. The summed E-state index contributed by atoms with van der Waals surface area (Å²) in [5.74, 6) is -0.727. The van der Waals surface area contributed by atoms with Gasteiger partial charge in [0.2, 0.25) is 5.91 Å². The maximum Gasteiger partial charge on any atom is 0.315 e. The van der Waals surface area contributed by atoms with E-state index in [1.165, 1.54) is 0 Å². The molecule has 2 rings (SSSR count). The molecule has 0 bridgehead atoms. The number of rotatable bonds is 7. The van der Waals surface area contributed by atoms with Crippen molar-refractivity contribution < 1.29 is 14.3 Å². The third kappa shape index (κ3) is 4.61. The van der Waals surface area contributed by atoms with Crippen molar-refractivity contribution in [1.82, 2.24) is 20.2 Å². The number of esters is 1. The maximum absolute atomic E-state index is 11.8. The number of hydrogen-bond acceptors (Lipinski definition) is 6. The Morgan fingerprint density at radius 2 is 2.12 bits per heavy atom. The molecule has 0 unspecified atom stereocenters. The highest BCUT2D eigenvalue weighted by Gasteiger charge is 2.14. The quantitative estimate of drug-likeness (QED) is 0.593. The van der Waals surface area contributed by atoms with Crippen LogP contribution in [0.2, 0.25) is 0 Å². The number of aryl methyl sites for hydroxylation is 2. The van der Waals surface area contributed by atoms with Crippen molar-refractivity contribution in [2.24, 2.45) is 0 Å². The second kappa shape index (κ2) is 8.19. The minimum atomic E-state index is -0.570. The summed E-state index contributed by atoms with van der Waals surface area (Å²) in [6.45, 7) is 5.86. The number of aromatic amines is 1. The van der Waals surface area contributed by atoms with Gasteiger partial charge in [-0.1, -0.05) is 13.3 Å². The standard InChI is InChI=1S/C16H21N5O3/c1-4-6-11-9-17-10(3)16(18-11)12-7-13(21-20-12)19-14(22)8-15(23)24-5-2/h7,9H,4-6,8H2,1-3H3,(H2,19,20,21,22). The number of carbonyl (C=O) groups is 2. The normalized spacial score (nSPS) is 10.5. The highest BCUT2D eigenvalue weighted by molar-refractivity contribution is 6.01. The molecule has 0 aliphatic rings. The van der Waals surface area contributed by atoms with Gasteiger partial charge in [-0.15, -0.1) is 0 Å². The summed E-state index contributed by atoms with van der Waals surface area (Å²) >= 11 is 0. The van der Waals surface area contributed by atoms with Crippen LogP contribution in [-0.4, -0.2) is 38.6 Å². The van der Waals surface area contributed by atoms with Gasteiger partial charge in [-0.3, -0.25) is 19.7 Å². The zero-order valence-corrected chi connectivity index (χ0v) is 14.0. The van der Waals surface area contributed by atoms with Gasteiger partial charge in [-0.25, -0.2) is 4.98 Å². The molecule has 0 aromatic carbocycles. The van der Waals surface area contributed by atoms with Crippen molar-refractivity contribution in [2.45, 2.75) is 40.0 Å². The van der Waals surface area contributed by atoms with Crippen molar-refractivity contribution >= 4 is 17.7 Å². The number of hydrogen-bond donors (Lipinski definition) is 2. The third-order valence-electron chi connectivity index (χ3n) is 3.22. The lowest BCUT2D eigenvalue weighted by Crippen LogP contribution is -2.18. The van der Waals surface area contributed by atoms with Gasteiger partial charge in [-0.2, -0.15) is 5.10 Å². The van der Waals surface area contributed by atoms with Crippen molar-refractivity contribution in [3.8, 4) is 11.4 Å². The van der Waals surface area contributed by atoms with Gasteiger partial charge < -0.3 is 10.1 Å². The molecule has 2 heterocycles. The average molecular weight is 331 g/mol. The molecule has 2 aromatic heterocycles. The molecule has 0 aliphatic heterocycles. The van der Waals surface area contributed by atoms with E-state index in [4.69, 9.17) is 4.74 Å². The Bertz CT molecular complexity index is 726. The number of H-pyrrole nitrogens is 1. The van der Waals surface area contributed by atoms with Gasteiger partial charge >= 0.3 is 5.97 Å². The molecule has 0 aliphatic carbocycles. The largest absolute Gasteiger partial charge is 0.466 e. The molecule has 0 radical (unpaired) electrons. The molecule has 2 aromatic rings. The zero-order chi connectivity index (χ0) is 17.5. The molecular weight excluding hydrogens is 310 g/mol. The van der Waals surface area contributed by atoms with Gasteiger partial charge in [0.25, 0.3) is 0 Å². The zero-order valence-electron chi connectivity index (χ0n) is 14.0. The topological polar surface area (TPSA) is 110 Å². The van der Waals surface area contributed by atoms with E-state index in [-0.39, 0.29) is 13.0 Å². The van der Waals surface area contributed by atoms with E-state index in [0.29, 0.717) is 17.2 Å². The van der Waals surface area contributed by atoms with E-state index >= 15 is 0 Å². The maximum atomic E-state index is 11.8. The molecule has 2 N–H and O–H groups in total. The molecule has 0 fully saturated rings. The van der Waals surface area contributed by atoms with Crippen LogP contribution < -0.4 is 5.32 Å². The van der Waals surface area contributed by atoms with Crippen LogP contribution in [0.3, 0.4) is 0 Å². The fourth-order valence-corrected chi connectivity index (χ4v) is 2.15. The molecule has 24 heavy (non-hydrogen) atoms. The number of carbonyl (C=O) groups excluding carboxylic acids is 2. The Morgan fingerprint density at radius 1 is 1.33 bits per heavy atom. The van der Waals surface area contributed by atoms with Crippen molar-refractivity contribution in [3.63, 3.8) is 0 Å². The predicted octanol–water partition coefficient (Wildman–Crippen LogP) is 2.02. The Labute approximate surface area is 140 Å². The Kier molecular flexibility index (Phi) is 6.00. The summed E-state index contributed by atoms with van der Waals surface area (Å²) in [5, 5.41) is 9.41. The summed E-state index contributed by atoms with van der Waals surface area (Å²) in [6, 6.07) is 1.66. The van der Waals surface area contributed by atoms with E-state index in [9.17, 15) is 9.59 Å².